The summed E-state index contributed by atoms with van der Waals surface area (Å²) in [7, 11) is 1.65. The molecule has 1 N–H and O–H groups in total. The number of nitrogens with zero attached hydrogens (tertiary/aromatic N) is 3. The van der Waals surface area contributed by atoms with Crippen LogP contribution in [0.5, 0.6) is 5.75 Å². The van der Waals surface area contributed by atoms with E-state index in [1.54, 1.807) is 7.11 Å². The van der Waals surface area contributed by atoms with Crippen LogP contribution in [0.3, 0.4) is 0 Å². The normalized spacial score (nSPS) is 22.2. The van der Waals surface area contributed by atoms with E-state index in [0.29, 0.717) is 5.02 Å². The third-order valence-electron chi connectivity index (χ3n) is 5.46. The molecule has 2 aliphatic heterocycles. The van der Waals surface area contributed by atoms with Crippen molar-refractivity contribution in [1.82, 2.24) is 5.32 Å². The first-order valence-corrected chi connectivity index (χ1v) is 10.2. The fourth-order valence-electron chi connectivity index (χ4n) is 3.91. The van der Waals surface area contributed by atoms with Crippen LogP contribution in [-0.4, -0.2) is 36.3 Å². The molecule has 2 atom stereocenters. The third-order valence-corrected chi connectivity index (χ3v) is 5.71. The van der Waals surface area contributed by atoms with Gasteiger partial charge in [-0.3, -0.25) is 9.79 Å². The second kappa shape index (κ2) is 8.40. The number of methoxy groups -OCH3 is 1. The van der Waals surface area contributed by atoms with E-state index in [4.69, 9.17) is 21.3 Å². The van der Waals surface area contributed by atoms with Crippen LogP contribution in [0.4, 0.5) is 0 Å². The summed E-state index contributed by atoms with van der Waals surface area (Å²) in [6.07, 6.45) is 1.07. The van der Waals surface area contributed by atoms with Crippen molar-refractivity contribution in [1.29, 1.82) is 0 Å². The topological polar surface area (TPSA) is 75.4 Å². The minimum atomic E-state index is -0.600. The maximum absolute atomic E-state index is 12.0. The summed E-state index contributed by atoms with van der Waals surface area (Å²) in [5, 5.41) is 12.3. The number of rotatable bonds is 3. The number of hydrogen-bond acceptors (Lipinski definition) is 5. The second-order valence-corrected chi connectivity index (χ2v) is 7.90. The number of aryl methyl sites for hydroxylation is 1. The molecule has 7 heteroatoms. The average Bonchev–Trinajstić information content (AvgIpc) is 3.12. The molecular formula is C23H23ClN4O2. The summed E-state index contributed by atoms with van der Waals surface area (Å²) >= 11 is 6.12. The lowest BCUT2D eigenvalue weighted by Gasteiger charge is -2.20. The highest BCUT2D eigenvalue weighted by molar-refractivity contribution is 6.30. The van der Waals surface area contributed by atoms with Gasteiger partial charge >= 0.3 is 0 Å². The Hall–Kier alpha value is -2.99. The monoisotopic (exact) mass is 422 g/mol. The molecule has 0 saturated heterocycles. The van der Waals surface area contributed by atoms with Crippen molar-refractivity contribution in [3.63, 3.8) is 0 Å². The van der Waals surface area contributed by atoms with Crippen molar-refractivity contribution in [2.75, 3.05) is 7.11 Å². The summed E-state index contributed by atoms with van der Waals surface area (Å²) in [6.45, 7) is 3.46. The molecule has 2 heterocycles. The van der Waals surface area contributed by atoms with Crippen molar-refractivity contribution >= 4 is 34.6 Å². The maximum Gasteiger partial charge on any atom is 0.218 e. The first kappa shape index (κ1) is 20.3. The Kier molecular flexibility index (Phi) is 5.68. The van der Waals surface area contributed by atoms with Gasteiger partial charge in [0.1, 0.15) is 5.75 Å². The summed E-state index contributed by atoms with van der Waals surface area (Å²) in [5.41, 5.74) is 5.51. The molecule has 154 valence electrons. The quantitative estimate of drug-likeness (QED) is 0.810. The number of amides is 1. The van der Waals surface area contributed by atoms with Gasteiger partial charge < -0.3 is 10.1 Å². The van der Waals surface area contributed by atoms with Gasteiger partial charge in [-0.1, -0.05) is 29.8 Å². The van der Waals surface area contributed by atoms with Crippen LogP contribution in [0, 0.1) is 5.92 Å². The lowest BCUT2D eigenvalue weighted by Crippen LogP contribution is -2.42. The van der Waals surface area contributed by atoms with Crippen LogP contribution in [0.1, 0.15) is 37.0 Å². The van der Waals surface area contributed by atoms with Crippen LogP contribution in [0.2, 0.25) is 5.02 Å². The highest BCUT2D eigenvalue weighted by Crippen LogP contribution is 2.29. The number of hydrogen-bond donors (Lipinski definition) is 1. The Bertz CT molecular complexity index is 1070. The molecule has 2 aromatic rings. The summed E-state index contributed by atoms with van der Waals surface area (Å²) < 4.78 is 5.48. The Balaban J connectivity index is 1.94. The van der Waals surface area contributed by atoms with Gasteiger partial charge in [-0.25, -0.2) is 0 Å². The number of carbonyl (C=O) groups is 1. The predicted octanol–water partition coefficient (Wildman–Crippen LogP) is 4.04. The molecule has 2 aliphatic rings. The second-order valence-electron chi connectivity index (χ2n) is 7.47. The summed E-state index contributed by atoms with van der Waals surface area (Å²) in [5.74, 6) is 0.626. The van der Waals surface area contributed by atoms with Crippen LogP contribution in [-0.2, 0) is 11.2 Å². The van der Waals surface area contributed by atoms with Crippen LogP contribution in [0.25, 0.3) is 0 Å². The van der Waals surface area contributed by atoms with E-state index < -0.39 is 6.17 Å². The van der Waals surface area contributed by atoms with Gasteiger partial charge in [0.2, 0.25) is 5.91 Å². The van der Waals surface area contributed by atoms with Gasteiger partial charge in [0.05, 0.1) is 18.5 Å². The fraction of sp³-hybridized carbons (Fsp3) is 0.304. The van der Waals surface area contributed by atoms with Crippen molar-refractivity contribution in [2.45, 2.75) is 32.9 Å². The summed E-state index contributed by atoms with van der Waals surface area (Å²) in [4.78, 5) is 17.0. The molecule has 30 heavy (non-hydrogen) atoms. The standard InChI is InChI=1S/C23H23ClN4O2/c1-13-19-11-7-15-6-10-18(30-3)12-20(15)21(16-4-8-17(24)9-5-16)26-23(25-14(2)29)22(19)28-27-13/h4-6,8-10,12,19,23H,7,11H2,1-3H3,(H,25,29)/b26-21-/t19?,23-/m1/s1. The van der Waals surface area contributed by atoms with E-state index in [2.05, 4.69) is 21.6 Å². The van der Waals surface area contributed by atoms with Crippen molar-refractivity contribution in [3.8, 4) is 5.75 Å². The van der Waals surface area contributed by atoms with Crippen LogP contribution in [0.15, 0.2) is 57.7 Å². The zero-order chi connectivity index (χ0) is 21.3. The highest BCUT2D eigenvalue weighted by Gasteiger charge is 2.33. The molecule has 1 unspecified atom stereocenters. The first-order chi connectivity index (χ1) is 14.5. The van der Waals surface area contributed by atoms with Crippen LogP contribution >= 0.6 is 11.6 Å². The van der Waals surface area contributed by atoms with E-state index in [-0.39, 0.29) is 11.8 Å². The lowest BCUT2D eigenvalue weighted by atomic mass is 9.89. The maximum atomic E-state index is 12.0. The van der Waals surface area contributed by atoms with Gasteiger partial charge in [-0.2, -0.15) is 10.2 Å². The molecular weight excluding hydrogens is 400 g/mol. The molecule has 0 fully saturated rings. The van der Waals surface area contributed by atoms with Gasteiger partial charge in [-0.15, -0.1) is 0 Å². The smallest absolute Gasteiger partial charge is 0.218 e. The molecule has 0 bridgehead atoms. The average molecular weight is 423 g/mol. The highest BCUT2D eigenvalue weighted by atomic mass is 35.5. The largest absolute Gasteiger partial charge is 0.497 e. The number of nitrogens with one attached hydrogen (secondary N) is 1. The molecule has 1 amide bonds. The third kappa shape index (κ3) is 4.00. The van der Waals surface area contributed by atoms with E-state index in [9.17, 15) is 4.79 Å². The van der Waals surface area contributed by atoms with E-state index >= 15 is 0 Å². The van der Waals surface area contributed by atoms with Gasteiger partial charge in [-0.05, 0) is 49.6 Å². The zero-order valence-electron chi connectivity index (χ0n) is 17.1. The number of benzene rings is 2. The number of fused-ring (bicyclic) bond motifs is 2. The summed E-state index contributed by atoms with van der Waals surface area (Å²) in [6, 6.07) is 13.6. The van der Waals surface area contributed by atoms with Gasteiger partial charge in [0.25, 0.3) is 0 Å². The first-order valence-electron chi connectivity index (χ1n) is 9.86. The molecule has 0 saturated carbocycles. The minimum Gasteiger partial charge on any atom is -0.497 e. The molecule has 0 aliphatic carbocycles. The Morgan fingerprint density at radius 1 is 1.17 bits per heavy atom. The SMILES string of the molecule is COc1ccc2c(c1)/C(c1ccc(Cl)cc1)=N\[C@@H](NC(C)=O)C1=NN=C(C)C1CC2. The Morgan fingerprint density at radius 2 is 1.93 bits per heavy atom. The lowest BCUT2D eigenvalue weighted by molar-refractivity contribution is -0.119. The van der Waals surface area contributed by atoms with Gasteiger partial charge in [0, 0.05) is 34.7 Å². The Morgan fingerprint density at radius 3 is 2.63 bits per heavy atom. The fourth-order valence-corrected chi connectivity index (χ4v) is 4.04. The molecule has 2 aromatic carbocycles. The molecule has 0 aromatic heterocycles. The molecule has 4 rings (SSSR count). The van der Waals surface area contributed by atoms with Crippen molar-refractivity contribution in [3.05, 3.63) is 64.2 Å². The number of ether oxygens (including phenoxy) is 1. The minimum absolute atomic E-state index is 0.0464. The number of carbonyl (C=O) groups excluding carboxylic acids is 1. The molecule has 0 spiro atoms. The number of halogens is 1. The predicted molar refractivity (Wildman–Crippen MR) is 120 cm³/mol. The van der Waals surface area contributed by atoms with Crippen molar-refractivity contribution in [2.24, 2.45) is 21.1 Å². The number of aliphatic imine (C=N–C) groups is 1. The Labute approximate surface area is 180 Å². The van der Waals surface area contributed by atoms with E-state index in [0.717, 1.165) is 52.4 Å². The zero-order valence-corrected chi connectivity index (χ0v) is 17.9. The van der Waals surface area contributed by atoms with Crippen LogP contribution < -0.4 is 10.1 Å². The van der Waals surface area contributed by atoms with E-state index in [1.807, 2.05) is 43.3 Å². The van der Waals surface area contributed by atoms with Gasteiger partial charge in [0.15, 0.2) is 6.17 Å². The van der Waals surface area contributed by atoms with Crippen molar-refractivity contribution < 1.29 is 9.53 Å². The van der Waals surface area contributed by atoms with E-state index in [1.165, 1.54) is 6.92 Å². The molecule has 6 nitrogen and oxygen atoms in total. The molecule has 0 radical (unpaired) electrons.